The van der Waals surface area contributed by atoms with Crippen molar-refractivity contribution in [3.05, 3.63) is 48.0 Å². The lowest BCUT2D eigenvalue weighted by atomic mass is 10.0. The van der Waals surface area contributed by atoms with Gasteiger partial charge < -0.3 is 19.9 Å². The van der Waals surface area contributed by atoms with Crippen LogP contribution >= 0.6 is 0 Å². The lowest BCUT2D eigenvalue weighted by molar-refractivity contribution is -0.118. The molecule has 0 aromatic heterocycles. The number of nitrogens with zero attached hydrogens (tertiary/aromatic N) is 2. The Kier molecular flexibility index (Phi) is 4.81. The van der Waals surface area contributed by atoms with E-state index >= 15 is 0 Å². The number of fused-ring (bicyclic) bond motifs is 1. The Morgan fingerprint density at radius 1 is 1.07 bits per heavy atom. The van der Waals surface area contributed by atoms with E-state index in [1.807, 2.05) is 47.4 Å². The van der Waals surface area contributed by atoms with Gasteiger partial charge in [-0.2, -0.15) is 0 Å². The van der Waals surface area contributed by atoms with Crippen molar-refractivity contribution in [1.82, 2.24) is 9.80 Å². The minimum absolute atomic E-state index is 0.0433. The topological polar surface area (TPSA) is 61.9 Å². The minimum atomic E-state index is -0.158. The van der Waals surface area contributed by atoms with Crippen molar-refractivity contribution in [3.63, 3.8) is 0 Å². The average molecular weight is 365 g/mol. The summed E-state index contributed by atoms with van der Waals surface area (Å²) in [6.45, 7) is 6.59. The number of amides is 2. The van der Waals surface area contributed by atoms with Gasteiger partial charge in [0, 0.05) is 31.7 Å². The normalized spacial score (nSPS) is 17.1. The van der Waals surface area contributed by atoms with Gasteiger partial charge in [0.2, 0.25) is 0 Å². The lowest BCUT2D eigenvalue weighted by Crippen LogP contribution is -2.48. The second kappa shape index (κ2) is 7.40. The number of likely N-dealkylation sites (N-methyl/N-ethyl adjacent to an activating group) is 1. The van der Waals surface area contributed by atoms with Crippen LogP contribution < -0.4 is 10.1 Å². The number of ether oxygens (including phenoxy) is 1. The van der Waals surface area contributed by atoms with Crippen molar-refractivity contribution < 1.29 is 14.3 Å². The zero-order valence-electron chi connectivity index (χ0n) is 15.4. The van der Waals surface area contributed by atoms with Gasteiger partial charge in [0.15, 0.2) is 6.61 Å². The van der Waals surface area contributed by atoms with Crippen LogP contribution in [0.2, 0.25) is 0 Å². The highest BCUT2D eigenvalue weighted by molar-refractivity contribution is 5.97. The number of carbonyl (C=O) groups is 2. The quantitative estimate of drug-likeness (QED) is 0.908. The second-order valence-corrected chi connectivity index (χ2v) is 6.86. The summed E-state index contributed by atoms with van der Waals surface area (Å²) < 4.78 is 5.41. The van der Waals surface area contributed by atoms with Crippen molar-refractivity contribution in [2.24, 2.45) is 0 Å². The molecule has 140 valence electrons. The first-order chi connectivity index (χ1) is 13.1. The van der Waals surface area contributed by atoms with Gasteiger partial charge in [-0.25, -0.2) is 0 Å². The fourth-order valence-corrected chi connectivity index (χ4v) is 3.54. The molecule has 0 spiro atoms. The minimum Gasteiger partial charge on any atom is -0.482 e. The van der Waals surface area contributed by atoms with E-state index < -0.39 is 0 Å². The molecule has 2 heterocycles. The van der Waals surface area contributed by atoms with Gasteiger partial charge >= 0.3 is 0 Å². The SMILES string of the molecule is CCN1CCN(C(=O)c2cccc(-c3ccc4c(c3)NC(=O)CO4)c2)CC1. The summed E-state index contributed by atoms with van der Waals surface area (Å²) in [5.74, 6) is 0.580. The highest BCUT2D eigenvalue weighted by atomic mass is 16.5. The molecule has 1 saturated heterocycles. The van der Waals surface area contributed by atoms with Crippen LogP contribution in [-0.2, 0) is 4.79 Å². The zero-order chi connectivity index (χ0) is 18.8. The summed E-state index contributed by atoms with van der Waals surface area (Å²) in [6, 6.07) is 13.3. The van der Waals surface area contributed by atoms with E-state index in [0.717, 1.165) is 43.9 Å². The molecule has 6 nitrogen and oxygen atoms in total. The van der Waals surface area contributed by atoms with Gasteiger partial charge in [-0.3, -0.25) is 9.59 Å². The van der Waals surface area contributed by atoms with Gasteiger partial charge in [0.1, 0.15) is 5.75 Å². The van der Waals surface area contributed by atoms with E-state index in [1.165, 1.54) is 0 Å². The van der Waals surface area contributed by atoms with Crippen molar-refractivity contribution in [2.45, 2.75) is 6.92 Å². The maximum atomic E-state index is 12.9. The van der Waals surface area contributed by atoms with Crippen LogP contribution in [0.5, 0.6) is 5.75 Å². The second-order valence-electron chi connectivity index (χ2n) is 6.86. The molecule has 0 bridgehead atoms. The maximum Gasteiger partial charge on any atom is 0.262 e. The first-order valence-electron chi connectivity index (χ1n) is 9.33. The Hall–Kier alpha value is -2.86. The monoisotopic (exact) mass is 365 g/mol. The van der Waals surface area contributed by atoms with Crippen molar-refractivity contribution in [3.8, 4) is 16.9 Å². The Labute approximate surface area is 158 Å². The Balaban J connectivity index is 1.55. The van der Waals surface area contributed by atoms with Crippen LogP contribution in [0, 0.1) is 0 Å². The molecule has 4 rings (SSSR count). The van der Waals surface area contributed by atoms with Crippen LogP contribution in [0.3, 0.4) is 0 Å². The first kappa shape index (κ1) is 17.5. The van der Waals surface area contributed by atoms with E-state index in [4.69, 9.17) is 4.74 Å². The predicted octanol–water partition coefficient (Wildman–Crippen LogP) is 2.46. The van der Waals surface area contributed by atoms with Crippen molar-refractivity contribution in [2.75, 3.05) is 44.6 Å². The zero-order valence-corrected chi connectivity index (χ0v) is 15.4. The number of rotatable bonds is 3. The molecule has 0 saturated carbocycles. The van der Waals surface area contributed by atoms with E-state index in [2.05, 4.69) is 17.1 Å². The van der Waals surface area contributed by atoms with Crippen molar-refractivity contribution >= 4 is 17.5 Å². The van der Waals surface area contributed by atoms with E-state index in [-0.39, 0.29) is 18.4 Å². The third kappa shape index (κ3) is 3.66. The van der Waals surface area contributed by atoms with Crippen LogP contribution in [0.25, 0.3) is 11.1 Å². The molecule has 2 aliphatic rings. The van der Waals surface area contributed by atoms with Crippen LogP contribution in [-0.4, -0.2) is 60.9 Å². The summed E-state index contributed by atoms with van der Waals surface area (Å²) in [7, 11) is 0. The van der Waals surface area contributed by atoms with E-state index in [9.17, 15) is 9.59 Å². The summed E-state index contributed by atoms with van der Waals surface area (Å²) >= 11 is 0. The van der Waals surface area contributed by atoms with E-state index in [0.29, 0.717) is 17.0 Å². The molecule has 2 aromatic carbocycles. The fraction of sp³-hybridized carbons (Fsp3) is 0.333. The predicted molar refractivity (Wildman–Crippen MR) is 104 cm³/mol. The number of carbonyl (C=O) groups excluding carboxylic acids is 2. The molecule has 0 radical (unpaired) electrons. The molecule has 0 aliphatic carbocycles. The molecular weight excluding hydrogens is 342 g/mol. The van der Waals surface area contributed by atoms with Gasteiger partial charge in [0.05, 0.1) is 5.69 Å². The van der Waals surface area contributed by atoms with Crippen LogP contribution in [0.15, 0.2) is 42.5 Å². The molecule has 0 unspecified atom stereocenters. The smallest absolute Gasteiger partial charge is 0.262 e. The first-order valence-corrected chi connectivity index (χ1v) is 9.33. The third-order valence-electron chi connectivity index (χ3n) is 5.16. The standard InChI is InChI=1S/C21H23N3O3/c1-2-23-8-10-24(11-9-23)21(26)17-5-3-4-15(12-17)16-6-7-19-18(13-16)22-20(25)14-27-19/h3-7,12-13H,2,8-11,14H2,1H3,(H,22,25). The maximum absolute atomic E-state index is 12.9. The lowest BCUT2D eigenvalue weighted by Gasteiger charge is -2.34. The summed E-state index contributed by atoms with van der Waals surface area (Å²) in [5.41, 5.74) is 3.23. The summed E-state index contributed by atoms with van der Waals surface area (Å²) in [6.07, 6.45) is 0. The number of nitrogens with one attached hydrogen (secondary N) is 1. The van der Waals surface area contributed by atoms with Gasteiger partial charge in [-0.1, -0.05) is 25.1 Å². The highest BCUT2D eigenvalue weighted by Gasteiger charge is 2.22. The average Bonchev–Trinajstić information content (AvgIpc) is 2.73. The number of piperazine rings is 1. The van der Waals surface area contributed by atoms with E-state index in [1.54, 1.807) is 0 Å². The number of hydrogen-bond donors (Lipinski definition) is 1. The van der Waals surface area contributed by atoms with Crippen molar-refractivity contribution in [1.29, 1.82) is 0 Å². The number of anilines is 1. The molecule has 0 atom stereocenters. The molecule has 2 amide bonds. The number of benzene rings is 2. The summed E-state index contributed by atoms with van der Waals surface area (Å²) in [5, 5.41) is 2.83. The van der Waals surface area contributed by atoms with Crippen LogP contribution in [0.1, 0.15) is 17.3 Å². The molecule has 1 fully saturated rings. The Morgan fingerprint density at radius 3 is 2.63 bits per heavy atom. The van der Waals surface area contributed by atoms with Gasteiger partial charge in [-0.15, -0.1) is 0 Å². The highest BCUT2D eigenvalue weighted by Crippen LogP contribution is 2.33. The molecular formula is C21H23N3O3. The fourth-order valence-electron chi connectivity index (χ4n) is 3.54. The van der Waals surface area contributed by atoms with Gasteiger partial charge in [-0.05, 0) is 41.9 Å². The molecule has 2 aromatic rings. The molecule has 6 heteroatoms. The Bertz CT molecular complexity index is 873. The molecule has 1 N–H and O–H groups in total. The van der Waals surface area contributed by atoms with Crippen LogP contribution in [0.4, 0.5) is 5.69 Å². The molecule has 2 aliphatic heterocycles. The largest absolute Gasteiger partial charge is 0.482 e. The summed E-state index contributed by atoms with van der Waals surface area (Å²) in [4.78, 5) is 28.7. The Morgan fingerprint density at radius 2 is 1.85 bits per heavy atom. The molecule has 27 heavy (non-hydrogen) atoms. The third-order valence-corrected chi connectivity index (χ3v) is 5.16. The number of hydrogen-bond acceptors (Lipinski definition) is 4. The van der Waals surface area contributed by atoms with Gasteiger partial charge in [0.25, 0.3) is 11.8 Å².